The molecule has 0 aromatic carbocycles. The first-order valence-electron chi connectivity index (χ1n) is 6.46. The first kappa shape index (κ1) is 14.4. The number of carbonyl (C=O) groups is 1. The molecule has 0 N–H and O–H groups in total. The molecule has 0 saturated carbocycles. The lowest BCUT2D eigenvalue weighted by molar-refractivity contribution is 0.0908. The molecule has 0 unspecified atom stereocenters. The predicted octanol–water partition coefficient (Wildman–Crippen LogP) is 3.83. The third-order valence-electron chi connectivity index (χ3n) is 2.92. The molecule has 0 atom stereocenters. The summed E-state index contributed by atoms with van der Waals surface area (Å²) in [5.74, 6) is 0.255. The van der Waals surface area contributed by atoms with Crippen LogP contribution in [0, 0.1) is 0 Å². The number of hydrogen-bond donors (Lipinski definition) is 0. The molecule has 17 heavy (non-hydrogen) atoms. The van der Waals surface area contributed by atoms with Crippen LogP contribution in [0.2, 0.25) is 0 Å². The molecule has 96 valence electrons. The molecule has 0 aliphatic heterocycles. The van der Waals surface area contributed by atoms with E-state index in [4.69, 9.17) is 0 Å². The number of ketones is 1. The number of unbranched alkanes of at least 4 members (excludes halogenated alkanes) is 2. The molecule has 0 fully saturated rings. The summed E-state index contributed by atoms with van der Waals surface area (Å²) in [6.45, 7) is 8.11. The molecule has 0 saturated heterocycles. The van der Waals surface area contributed by atoms with E-state index in [9.17, 15) is 4.79 Å². The molecule has 0 radical (unpaired) electrons. The lowest BCUT2D eigenvalue weighted by Crippen LogP contribution is -2.36. The van der Waals surface area contributed by atoms with Crippen LogP contribution < -0.4 is 0 Å². The van der Waals surface area contributed by atoms with E-state index in [2.05, 4.69) is 25.7 Å². The number of Topliss-reactive ketones (excluding diaryl/α,β-unsaturated/α-hetero) is 1. The Labute approximate surface area is 109 Å². The fourth-order valence-corrected chi connectivity index (χ4v) is 2.44. The van der Waals surface area contributed by atoms with Gasteiger partial charge in [-0.1, -0.05) is 25.8 Å². The molecule has 0 aliphatic rings. The molecular weight excluding hydrogens is 230 g/mol. The van der Waals surface area contributed by atoms with Crippen molar-refractivity contribution < 1.29 is 4.79 Å². The van der Waals surface area contributed by atoms with Gasteiger partial charge in [-0.05, 0) is 38.3 Å². The van der Waals surface area contributed by atoms with Gasteiger partial charge in [0.1, 0.15) is 0 Å². The zero-order valence-electron chi connectivity index (χ0n) is 11.1. The smallest absolute Gasteiger partial charge is 0.186 e. The van der Waals surface area contributed by atoms with Crippen LogP contribution in [0.4, 0.5) is 0 Å². The van der Waals surface area contributed by atoms with Gasteiger partial charge < -0.3 is 0 Å². The lowest BCUT2D eigenvalue weighted by Gasteiger charge is -2.25. The molecule has 1 heterocycles. The van der Waals surface area contributed by atoms with Crippen molar-refractivity contribution in [1.29, 1.82) is 0 Å². The molecule has 1 rings (SSSR count). The van der Waals surface area contributed by atoms with Crippen LogP contribution >= 0.6 is 11.3 Å². The zero-order valence-corrected chi connectivity index (χ0v) is 11.9. The highest BCUT2D eigenvalue weighted by molar-refractivity contribution is 7.12. The summed E-state index contributed by atoms with van der Waals surface area (Å²) < 4.78 is 0. The number of carbonyl (C=O) groups excluding carboxylic acids is 1. The Hall–Kier alpha value is -0.670. The second-order valence-corrected chi connectivity index (χ2v) is 5.62. The first-order chi connectivity index (χ1) is 8.15. The van der Waals surface area contributed by atoms with Crippen LogP contribution in [0.25, 0.3) is 0 Å². The maximum absolute atomic E-state index is 12.0. The van der Waals surface area contributed by atoms with Crippen molar-refractivity contribution in [2.24, 2.45) is 0 Å². The SMILES string of the molecule is CCCCCN(CC(=O)c1cccs1)C(C)C. The minimum Gasteiger partial charge on any atom is -0.293 e. The van der Waals surface area contributed by atoms with Crippen molar-refractivity contribution in [3.05, 3.63) is 22.4 Å². The molecule has 1 aromatic heterocycles. The Bertz CT molecular complexity index is 319. The minimum atomic E-state index is 0.255. The van der Waals surface area contributed by atoms with Gasteiger partial charge in [0.05, 0.1) is 11.4 Å². The quantitative estimate of drug-likeness (QED) is 0.518. The standard InChI is InChI=1S/C14H23NOS/c1-4-5-6-9-15(12(2)3)11-13(16)14-8-7-10-17-14/h7-8,10,12H,4-6,9,11H2,1-3H3. The normalized spacial score (nSPS) is 11.4. The number of thiophene rings is 1. The predicted molar refractivity (Wildman–Crippen MR) is 74.9 cm³/mol. The average molecular weight is 253 g/mol. The Kier molecular flexibility index (Phi) is 6.45. The van der Waals surface area contributed by atoms with E-state index in [-0.39, 0.29) is 5.78 Å². The van der Waals surface area contributed by atoms with Gasteiger partial charge in [0.15, 0.2) is 5.78 Å². The van der Waals surface area contributed by atoms with Crippen LogP contribution in [0.15, 0.2) is 17.5 Å². The summed E-state index contributed by atoms with van der Waals surface area (Å²) >= 11 is 1.54. The van der Waals surface area contributed by atoms with Gasteiger partial charge in [0.25, 0.3) is 0 Å². The van der Waals surface area contributed by atoms with Gasteiger partial charge in [-0.2, -0.15) is 0 Å². The van der Waals surface area contributed by atoms with Gasteiger partial charge in [-0.25, -0.2) is 0 Å². The third kappa shape index (κ3) is 5.00. The number of nitrogens with zero attached hydrogens (tertiary/aromatic N) is 1. The van der Waals surface area contributed by atoms with Crippen molar-refractivity contribution in [1.82, 2.24) is 4.90 Å². The molecule has 3 heteroatoms. The Balaban J connectivity index is 2.46. The van der Waals surface area contributed by atoms with Gasteiger partial charge in [0.2, 0.25) is 0 Å². The van der Waals surface area contributed by atoms with E-state index in [1.807, 2.05) is 17.5 Å². The molecule has 0 aliphatic carbocycles. The minimum absolute atomic E-state index is 0.255. The lowest BCUT2D eigenvalue weighted by atomic mass is 10.2. The van der Waals surface area contributed by atoms with E-state index in [0.717, 1.165) is 11.4 Å². The van der Waals surface area contributed by atoms with Crippen molar-refractivity contribution in [2.75, 3.05) is 13.1 Å². The topological polar surface area (TPSA) is 20.3 Å². The van der Waals surface area contributed by atoms with Crippen molar-refractivity contribution in [2.45, 2.75) is 46.1 Å². The maximum atomic E-state index is 12.0. The second kappa shape index (κ2) is 7.62. The van der Waals surface area contributed by atoms with Gasteiger partial charge in [-0.3, -0.25) is 9.69 Å². The maximum Gasteiger partial charge on any atom is 0.186 e. The molecule has 0 spiro atoms. The van der Waals surface area contributed by atoms with Crippen molar-refractivity contribution >= 4 is 17.1 Å². The van der Waals surface area contributed by atoms with E-state index in [1.165, 1.54) is 30.6 Å². The van der Waals surface area contributed by atoms with Crippen LogP contribution in [-0.2, 0) is 0 Å². The fraction of sp³-hybridized carbons (Fsp3) is 0.643. The van der Waals surface area contributed by atoms with E-state index in [0.29, 0.717) is 12.6 Å². The summed E-state index contributed by atoms with van der Waals surface area (Å²) in [5.41, 5.74) is 0. The molecule has 1 aromatic rings. The molecule has 0 amide bonds. The Morgan fingerprint density at radius 3 is 2.71 bits per heavy atom. The average Bonchev–Trinajstić information content (AvgIpc) is 2.81. The summed E-state index contributed by atoms with van der Waals surface area (Å²) in [5, 5.41) is 1.96. The summed E-state index contributed by atoms with van der Waals surface area (Å²) in [7, 11) is 0. The zero-order chi connectivity index (χ0) is 12.7. The van der Waals surface area contributed by atoms with Crippen LogP contribution in [0.5, 0.6) is 0 Å². The van der Waals surface area contributed by atoms with Crippen molar-refractivity contribution in [3.8, 4) is 0 Å². The fourth-order valence-electron chi connectivity index (χ4n) is 1.78. The van der Waals surface area contributed by atoms with Crippen molar-refractivity contribution in [3.63, 3.8) is 0 Å². The number of hydrogen-bond acceptors (Lipinski definition) is 3. The van der Waals surface area contributed by atoms with Gasteiger partial charge in [0, 0.05) is 6.04 Å². The second-order valence-electron chi connectivity index (χ2n) is 4.67. The van der Waals surface area contributed by atoms with E-state index < -0.39 is 0 Å². The highest BCUT2D eigenvalue weighted by Gasteiger charge is 2.15. The third-order valence-corrected chi connectivity index (χ3v) is 3.83. The van der Waals surface area contributed by atoms with Gasteiger partial charge in [-0.15, -0.1) is 11.3 Å². The van der Waals surface area contributed by atoms with E-state index >= 15 is 0 Å². The Morgan fingerprint density at radius 1 is 1.41 bits per heavy atom. The van der Waals surface area contributed by atoms with E-state index in [1.54, 1.807) is 0 Å². The number of rotatable bonds is 8. The molecule has 2 nitrogen and oxygen atoms in total. The van der Waals surface area contributed by atoms with Crippen LogP contribution in [0.1, 0.15) is 49.7 Å². The van der Waals surface area contributed by atoms with Crippen LogP contribution in [0.3, 0.4) is 0 Å². The summed E-state index contributed by atoms with van der Waals surface area (Å²) in [4.78, 5) is 15.2. The Morgan fingerprint density at radius 2 is 2.18 bits per heavy atom. The summed E-state index contributed by atoms with van der Waals surface area (Å²) in [6.07, 6.45) is 3.66. The largest absolute Gasteiger partial charge is 0.293 e. The molecular formula is C14H23NOS. The highest BCUT2D eigenvalue weighted by atomic mass is 32.1. The van der Waals surface area contributed by atoms with Gasteiger partial charge >= 0.3 is 0 Å². The summed E-state index contributed by atoms with van der Waals surface area (Å²) in [6, 6.07) is 4.29. The molecule has 0 bridgehead atoms. The first-order valence-corrected chi connectivity index (χ1v) is 7.33. The monoisotopic (exact) mass is 253 g/mol. The highest BCUT2D eigenvalue weighted by Crippen LogP contribution is 2.12. The van der Waals surface area contributed by atoms with Crippen LogP contribution in [-0.4, -0.2) is 29.8 Å².